The lowest BCUT2D eigenvalue weighted by molar-refractivity contribution is 0.195. The predicted octanol–water partition coefficient (Wildman–Crippen LogP) is 3.64. The van der Waals surface area contributed by atoms with E-state index in [1.165, 1.54) is 7.11 Å². The SMILES string of the molecule is COc1cccc(-c2cc3cnc(NC4CCOC4)cc3c([N-]CCO)n2)c1F. The van der Waals surface area contributed by atoms with E-state index in [-0.39, 0.29) is 24.9 Å². The third-order valence-electron chi connectivity index (χ3n) is 4.80. The summed E-state index contributed by atoms with van der Waals surface area (Å²) in [7, 11) is 1.42. The Labute approximate surface area is 167 Å². The molecule has 1 atom stereocenters. The number of aliphatic hydroxyl groups excluding tert-OH is 1. The quantitative estimate of drug-likeness (QED) is 0.633. The van der Waals surface area contributed by atoms with Crippen molar-refractivity contribution in [3.8, 4) is 17.0 Å². The van der Waals surface area contributed by atoms with Crippen LogP contribution in [0, 0.1) is 5.82 Å². The Hall–Kier alpha value is -2.97. The maximum absolute atomic E-state index is 14.8. The number of rotatable bonds is 7. The zero-order valence-electron chi connectivity index (χ0n) is 16.1. The molecule has 2 aromatic heterocycles. The number of aromatic nitrogens is 2. The van der Waals surface area contributed by atoms with Crippen molar-refractivity contribution in [3.63, 3.8) is 0 Å². The second-order valence-electron chi connectivity index (χ2n) is 6.75. The van der Waals surface area contributed by atoms with Crippen LogP contribution >= 0.6 is 0 Å². The fraction of sp³-hybridized carbons (Fsp3) is 0.333. The first kappa shape index (κ1) is 19.4. The number of methoxy groups -OCH3 is 1. The number of nitrogens with zero attached hydrogens (tertiary/aromatic N) is 3. The number of pyridine rings is 2. The first-order valence-corrected chi connectivity index (χ1v) is 9.46. The van der Waals surface area contributed by atoms with Crippen molar-refractivity contribution in [1.29, 1.82) is 0 Å². The van der Waals surface area contributed by atoms with Gasteiger partial charge >= 0.3 is 0 Å². The minimum absolute atomic E-state index is 0.101. The van der Waals surface area contributed by atoms with E-state index in [0.717, 1.165) is 23.8 Å². The van der Waals surface area contributed by atoms with E-state index < -0.39 is 5.82 Å². The minimum Gasteiger partial charge on any atom is -0.494 e. The van der Waals surface area contributed by atoms with Crippen LogP contribution in [0.15, 0.2) is 36.5 Å². The lowest BCUT2D eigenvalue weighted by Gasteiger charge is -2.21. The first-order chi connectivity index (χ1) is 14.2. The smallest absolute Gasteiger partial charge is 0.172 e. The zero-order valence-corrected chi connectivity index (χ0v) is 16.1. The van der Waals surface area contributed by atoms with Crippen LogP contribution in [0.2, 0.25) is 0 Å². The van der Waals surface area contributed by atoms with Gasteiger partial charge in [0, 0.05) is 30.4 Å². The highest BCUT2D eigenvalue weighted by molar-refractivity contribution is 5.96. The van der Waals surface area contributed by atoms with E-state index in [2.05, 4.69) is 20.6 Å². The van der Waals surface area contributed by atoms with Crippen LogP contribution in [0.5, 0.6) is 5.75 Å². The second-order valence-corrected chi connectivity index (χ2v) is 6.75. The summed E-state index contributed by atoms with van der Waals surface area (Å²) in [5.41, 5.74) is 0.745. The van der Waals surface area contributed by atoms with Crippen LogP contribution in [-0.2, 0) is 4.74 Å². The molecule has 1 aliphatic heterocycles. The van der Waals surface area contributed by atoms with E-state index in [9.17, 15) is 9.50 Å². The number of nitrogens with one attached hydrogen (secondary N) is 1. The average Bonchev–Trinajstić information content (AvgIpc) is 3.25. The molecule has 0 saturated carbocycles. The van der Waals surface area contributed by atoms with Crippen molar-refractivity contribution in [1.82, 2.24) is 9.97 Å². The molecule has 3 aromatic rings. The molecule has 1 fully saturated rings. The van der Waals surface area contributed by atoms with E-state index >= 15 is 0 Å². The van der Waals surface area contributed by atoms with Crippen molar-refractivity contribution >= 4 is 22.4 Å². The summed E-state index contributed by atoms with van der Waals surface area (Å²) in [5.74, 6) is 0.801. The topological polar surface area (TPSA) is 90.6 Å². The molecule has 1 saturated heterocycles. The molecule has 0 amide bonds. The van der Waals surface area contributed by atoms with Crippen molar-refractivity contribution in [3.05, 3.63) is 47.7 Å². The number of hydrogen-bond acceptors (Lipinski definition) is 6. The van der Waals surface area contributed by atoms with Crippen LogP contribution < -0.4 is 10.1 Å². The molecular formula is C21H22FN4O3-. The molecule has 3 heterocycles. The summed E-state index contributed by atoms with van der Waals surface area (Å²) < 4.78 is 25.2. The Bertz CT molecular complexity index is 1010. The highest BCUT2D eigenvalue weighted by Gasteiger charge is 2.16. The normalized spacial score (nSPS) is 16.2. The molecule has 1 aliphatic rings. The van der Waals surface area contributed by atoms with Crippen molar-refractivity contribution in [2.45, 2.75) is 12.5 Å². The molecule has 0 spiro atoms. The maximum atomic E-state index is 14.8. The van der Waals surface area contributed by atoms with Crippen molar-refractivity contribution in [2.24, 2.45) is 0 Å². The van der Waals surface area contributed by atoms with Gasteiger partial charge in [0.2, 0.25) is 0 Å². The zero-order chi connectivity index (χ0) is 20.2. The van der Waals surface area contributed by atoms with E-state index in [4.69, 9.17) is 9.47 Å². The molecule has 8 heteroatoms. The summed E-state index contributed by atoms with van der Waals surface area (Å²) >= 11 is 0. The molecule has 29 heavy (non-hydrogen) atoms. The third-order valence-corrected chi connectivity index (χ3v) is 4.80. The van der Waals surface area contributed by atoms with Gasteiger partial charge in [0.1, 0.15) is 5.82 Å². The molecule has 0 bridgehead atoms. The molecule has 0 aliphatic carbocycles. The average molecular weight is 397 g/mol. The van der Waals surface area contributed by atoms with Gasteiger partial charge in [0.05, 0.1) is 19.8 Å². The van der Waals surface area contributed by atoms with Crippen LogP contribution in [0.4, 0.5) is 16.0 Å². The number of halogens is 1. The molecule has 4 rings (SSSR count). The molecule has 152 valence electrons. The fourth-order valence-corrected chi connectivity index (χ4v) is 3.35. The summed E-state index contributed by atoms with van der Waals surface area (Å²) in [6, 6.07) is 8.79. The van der Waals surface area contributed by atoms with Crippen LogP contribution in [0.3, 0.4) is 0 Å². The highest BCUT2D eigenvalue weighted by Crippen LogP contribution is 2.35. The highest BCUT2D eigenvalue weighted by atomic mass is 19.1. The Balaban J connectivity index is 1.77. The molecular weight excluding hydrogens is 375 g/mol. The lowest BCUT2D eigenvalue weighted by atomic mass is 10.1. The second kappa shape index (κ2) is 8.59. The van der Waals surface area contributed by atoms with Gasteiger partial charge in [-0.3, -0.25) is 0 Å². The van der Waals surface area contributed by atoms with E-state index in [0.29, 0.717) is 29.5 Å². The summed E-state index contributed by atoms with van der Waals surface area (Å²) in [5, 5.41) is 18.5. The number of aliphatic hydroxyl groups is 1. The third kappa shape index (κ3) is 4.08. The molecule has 2 N–H and O–H groups in total. The van der Waals surface area contributed by atoms with Gasteiger partial charge in [-0.2, -0.15) is 0 Å². The van der Waals surface area contributed by atoms with Gasteiger partial charge in [-0.15, -0.1) is 0 Å². The number of anilines is 1. The van der Waals surface area contributed by atoms with Crippen LogP contribution in [0.25, 0.3) is 27.3 Å². The van der Waals surface area contributed by atoms with Crippen LogP contribution in [-0.4, -0.2) is 54.6 Å². The summed E-state index contributed by atoms with van der Waals surface area (Å²) in [4.78, 5) is 9.04. The number of fused-ring (bicyclic) bond motifs is 1. The van der Waals surface area contributed by atoms with Gasteiger partial charge in [0.25, 0.3) is 0 Å². The van der Waals surface area contributed by atoms with Crippen molar-refractivity contribution in [2.75, 3.05) is 38.8 Å². The molecule has 7 nitrogen and oxygen atoms in total. The first-order valence-electron chi connectivity index (χ1n) is 9.46. The maximum Gasteiger partial charge on any atom is 0.172 e. The Morgan fingerprint density at radius 3 is 3.03 bits per heavy atom. The molecule has 0 radical (unpaired) electrons. The fourth-order valence-electron chi connectivity index (χ4n) is 3.35. The molecule has 1 unspecified atom stereocenters. The number of hydrogen-bond donors (Lipinski definition) is 2. The monoisotopic (exact) mass is 397 g/mol. The summed E-state index contributed by atoms with van der Waals surface area (Å²) in [6.07, 6.45) is 2.64. The van der Waals surface area contributed by atoms with Gasteiger partial charge < -0.3 is 30.2 Å². The number of ether oxygens (including phenoxy) is 2. The molecule has 1 aromatic carbocycles. The Morgan fingerprint density at radius 1 is 1.38 bits per heavy atom. The van der Waals surface area contributed by atoms with Crippen LogP contribution in [0.1, 0.15) is 6.42 Å². The van der Waals surface area contributed by atoms with Gasteiger partial charge in [-0.1, -0.05) is 18.0 Å². The summed E-state index contributed by atoms with van der Waals surface area (Å²) in [6.45, 7) is 1.48. The van der Waals surface area contributed by atoms with E-state index in [1.54, 1.807) is 30.5 Å². The minimum atomic E-state index is -0.484. The number of benzene rings is 1. The van der Waals surface area contributed by atoms with Gasteiger partial charge in [-0.05, 0) is 42.2 Å². The largest absolute Gasteiger partial charge is 0.494 e. The van der Waals surface area contributed by atoms with E-state index in [1.807, 2.05) is 6.07 Å². The van der Waals surface area contributed by atoms with Crippen molar-refractivity contribution < 1.29 is 19.0 Å². The Kier molecular flexibility index (Phi) is 5.73. The predicted molar refractivity (Wildman–Crippen MR) is 109 cm³/mol. The Morgan fingerprint density at radius 2 is 2.28 bits per heavy atom. The standard InChI is InChI=1S/C21H22FN4O3/c1-28-18-4-2-3-15(20(18)22)17-9-13-11-24-19(25-14-5-8-29-12-14)10-16(13)21(26-17)23-6-7-27/h2-4,9-11,14,27H,5-8,12H2,1H3,(H-,23,24,25,26)/q-1. The lowest BCUT2D eigenvalue weighted by Crippen LogP contribution is -2.19. The van der Waals surface area contributed by atoms with Gasteiger partial charge in [-0.25, -0.2) is 9.37 Å². The van der Waals surface area contributed by atoms with Gasteiger partial charge in [0.15, 0.2) is 11.6 Å².